The quantitative estimate of drug-likeness (QED) is 0.670. The Morgan fingerprint density at radius 2 is 1.90 bits per heavy atom. The number of ether oxygens (including phenoxy) is 1. The van der Waals surface area contributed by atoms with E-state index in [0.29, 0.717) is 0 Å². The number of fused-ring (bicyclic) bond motifs is 1. The van der Waals surface area contributed by atoms with E-state index in [2.05, 4.69) is 54.8 Å². The van der Waals surface area contributed by atoms with Gasteiger partial charge in [-0.25, -0.2) is 4.98 Å². The van der Waals surface area contributed by atoms with Gasteiger partial charge in [0, 0.05) is 6.07 Å². The molecule has 0 radical (unpaired) electrons. The van der Waals surface area contributed by atoms with Gasteiger partial charge in [-0.2, -0.15) is 0 Å². The van der Waals surface area contributed by atoms with Crippen LogP contribution in [0.1, 0.15) is 20.8 Å². The van der Waals surface area contributed by atoms with E-state index >= 15 is 0 Å². The summed E-state index contributed by atoms with van der Waals surface area (Å²) in [6.45, 7) is 11.2. The monoisotopic (exact) mass is 373 g/mol. The van der Waals surface area contributed by atoms with Crippen molar-refractivity contribution in [3.63, 3.8) is 0 Å². The van der Waals surface area contributed by atoms with Gasteiger partial charge in [0.05, 0.1) is 11.8 Å². The van der Waals surface area contributed by atoms with Gasteiger partial charge in [0.15, 0.2) is 3.92 Å². The molecule has 3 nitrogen and oxygen atoms in total. The van der Waals surface area contributed by atoms with Crippen LogP contribution in [0, 0.1) is 0 Å². The molecule has 0 bridgehead atoms. The van der Waals surface area contributed by atoms with Crippen LogP contribution in [-0.4, -0.2) is 20.4 Å². The Hall–Kier alpha value is -0.593. The Labute approximate surface area is 133 Å². The number of rotatable bonds is 3. The van der Waals surface area contributed by atoms with Crippen molar-refractivity contribution in [2.24, 2.45) is 0 Å². The van der Waals surface area contributed by atoms with Crippen LogP contribution in [0.2, 0.25) is 18.1 Å². The number of hydrogen-bond donors (Lipinski definition) is 0. The fraction of sp³-hybridized carbons (Fsp3) is 0.500. The van der Waals surface area contributed by atoms with Crippen LogP contribution in [0.5, 0.6) is 11.5 Å². The van der Waals surface area contributed by atoms with Crippen molar-refractivity contribution in [3.8, 4) is 11.5 Å². The molecule has 0 spiro atoms. The topological polar surface area (TPSA) is 31.4 Å². The van der Waals surface area contributed by atoms with E-state index in [9.17, 15) is 0 Å². The molecule has 0 saturated heterocycles. The highest BCUT2D eigenvalue weighted by Gasteiger charge is 2.39. The molecule has 2 aromatic rings. The van der Waals surface area contributed by atoms with Gasteiger partial charge >= 0.3 is 0 Å². The molecule has 1 aromatic heterocycles. The molecule has 0 aliphatic rings. The molecular formula is C14H20BrNO2SSi. The minimum atomic E-state index is -1.90. The Bertz CT molecular complexity index is 634. The molecule has 20 heavy (non-hydrogen) atoms. The van der Waals surface area contributed by atoms with Crippen LogP contribution in [0.25, 0.3) is 10.2 Å². The van der Waals surface area contributed by atoms with Crippen LogP contribution in [0.4, 0.5) is 0 Å². The highest BCUT2D eigenvalue weighted by Crippen LogP contribution is 2.42. The number of thiazole rings is 1. The van der Waals surface area contributed by atoms with E-state index in [1.54, 1.807) is 18.4 Å². The van der Waals surface area contributed by atoms with Crippen molar-refractivity contribution in [1.82, 2.24) is 4.98 Å². The summed E-state index contributed by atoms with van der Waals surface area (Å²) in [5.41, 5.74) is 0.910. The van der Waals surface area contributed by atoms with E-state index in [-0.39, 0.29) is 5.04 Å². The summed E-state index contributed by atoms with van der Waals surface area (Å²) in [4.78, 5) is 4.53. The number of aromatic nitrogens is 1. The maximum Gasteiger partial charge on any atom is 0.250 e. The third kappa shape index (κ3) is 3.02. The first kappa shape index (κ1) is 15.8. The van der Waals surface area contributed by atoms with E-state index in [0.717, 1.165) is 25.6 Å². The molecule has 0 amide bonds. The molecule has 0 atom stereocenters. The first-order valence-corrected chi connectivity index (χ1v) is 11.0. The molecule has 1 aromatic carbocycles. The first-order chi connectivity index (χ1) is 9.14. The Morgan fingerprint density at radius 1 is 1.25 bits per heavy atom. The fourth-order valence-corrected chi connectivity index (χ4v) is 4.02. The number of hydrogen-bond acceptors (Lipinski definition) is 4. The highest BCUT2D eigenvalue weighted by atomic mass is 79.9. The Morgan fingerprint density at radius 3 is 2.45 bits per heavy atom. The van der Waals surface area contributed by atoms with Gasteiger partial charge in [-0.15, -0.1) is 11.3 Å². The lowest BCUT2D eigenvalue weighted by Gasteiger charge is -2.36. The molecule has 2 rings (SSSR count). The predicted octanol–water partition coefficient (Wildman–Crippen LogP) is 5.45. The molecule has 0 saturated carbocycles. The smallest absolute Gasteiger partial charge is 0.250 e. The average molecular weight is 374 g/mol. The van der Waals surface area contributed by atoms with Crippen LogP contribution in [0.3, 0.4) is 0 Å². The number of nitrogens with zero attached hydrogens (tertiary/aromatic N) is 1. The maximum atomic E-state index is 6.42. The predicted molar refractivity (Wildman–Crippen MR) is 91.7 cm³/mol. The van der Waals surface area contributed by atoms with Crippen molar-refractivity contribution in [3.05, 3.63) is 16.0 Å². The van der Waals surface area contributed by atoms with Gasteiger partial charge in [0.2, 0.25) is 0 Å². The minimum Gasteiger partial charge on any atom is -0.542 e. The van der Waals surface area contributed by atoms with Crippen LogP contribution >= 0.6 is 27.3 Å². The molecule has 1 heterocycles. The van der Waals surface area contributed by atoms with Crippen LogP contribution in [0.15, 0.2) is 16.0 Å². The molecule has 0 N–H and O–H groups in total. The number of benzene rings is 1. The van der Waals surface area contributed by atoms with Crippen molar-refractivity contribution in [1.29, 1.82) is 0 Å². The molecule has 6 heteroatoms. The van der Waals surface area contributed by atoms with Gasteiger partial charge in [-0.3, -0.25) is 0 Å². The number of methoxy groups -OCH3 is 1. The highest BCUT2D eigenvalue weighted by molar-refractivity contribution is 9.11. The Balaban J connectivity index is 2.53. The van der Waals surface area contributed by atoms with Crippen LogP contribution < -0.4 is 9.16 Å². The summed E-state index contributed by atoms with van der Waals surface area (Å²) in [6.07, 6.45) is 0. The standard InChI is InChI=1S/C14H20BrNO2SSi/c1-14(2,3)20(5,6)18-10-7-9(17-4)8-11-12(10)16-13(15)19-11/h7-8H,1-6H3. The molecule has 110 valence electrons. The minimum absolute atomic E-state index is 0.148. The molecule has 0 fully saturated rings. The average Bonchev–Trinajstić information content (AvgIpc) is 2.67. The lowest BCUT2D eigenvalue weighted by Crippen LogP contribution is -2.43. The van der Waals surface area contributed by atoms with Gasteiger partial charge in [-0.1, -0.05) is 20.8 Å². The molecule has 0 unspecified atom stereocenters. The third-order valence-corrected chi connectivity index (χ3v) is 9.61. The number of halogens is 1. The summed E-state index contributed by atoms with van der Waals surface area (Å²) in [7, 11) is -0.222. The van der Waals surface area contributed by atoms with Gasteiger partial charge in [-0.05, 0) is 40.1 Å². The van der Waals surface area contributed by atoms with E-state index < -0.39 is 8.32 Å². The zero-order chi connectivity index (χ0) is 15.1. The summed E-state index contributed by atoms with van der Waals surface area (Å²) in [6, 6.07) is 3.94. The zero-order valence-electron chi connectivity index (χ0n) is 12.7. The molecule has 0 aliphatic carbocycles. The maximum absolute atomic E-state index is 6.42. The summed E-state index contributed by atoms with van der Waals surface area (Å²) in [5, 5.41) is 0.148. The third-order valence-electron chi connectivity index (χ3n) is 3.81. The second kappa shape index (κ2) is 5.31. The SMILES string of the molecule is COc1cc(O[Si](C)(C)C(C)(C)C)c2nc(Br)sc2c1. The largest absolute Gasteiger partial charge is 0.542 e. The zero-order valence-corrected chi connectivity index (χ0v) is 16.1. The van der Waals surface area contributed by atoms with Crippen molar-refractivity contribution < 1.29 is 9.16 Å². The van der Waals surface area contributed by atoms with E-state index in [1.807, 2.05) is 12.1 Å². The second-order valence-electron chi connectivity index (χ2n) is 6.30. The van der Waals surface area contributed by atoms with E-state index in [1.165, 1.54) is 0 Å². The second-order valence-corrected chi connectivity index (χ2v) is 13.3. The van der Waals surface area contributed by atoms with Crippen molar-refractivity contribution in [2.45, 2.75) is 38.9 Å². The summed E-state index contributed by atoms with van der Waals surface area (Å²) < 4.78 is 13.7. The summed E-state index contributed by atoms with van der Waals surface area (Å²) >= 11 is 5.04. The van der Waals surface area contributed by atoms with Gasteiger partial charge < -0.3 is 9.16 Å². The van der Waals surface area contributed by atoms with E-state index in [4.69, 9.17) is 9.16 Å². The molecular weight excluding hydrogens is 354 g/mol. The van der Waals surface area contributed by atoms with Crippen molar-refractivity contribution in [2.75, 3.05) is 7.11 Å². The normalized spacial score (nSPS) is 12.8. The van der Waals surface area contributed by atoms with Gasteiger partial charge in [0.1, 0.15) is 17.0 Å². The van der Waals surface area contributed by atoms with Gasteiger partial charge in [0.25, 0.3) is 8.32 Å². The lowest BCUT2D eigenvalue weighted by molar-refractivity contribution is 0.412. The summed E-state index contributed by atoms with van der Waals surface area (Å²) in [5.74, 6) is 1.63. The molecule has 0 aliphatic heterocycles. The van der Waals surface area contributed by atoms with Crippen molar-refractivity contribution >= 4 is 45.8 Å². The fourth-order valence-electron chi connectivity index (χ4n) is 1.57. The lowest BCUT2D eigenvalue weighted by atomic mass is 10.2. The van der Waals surface area contributed by atoms with Crippen LogP contribution in [-0.2, 0) is 0 Å². The first-order valence-electron chi connectivity index (χ1n) is 6.47. The Kier molecular flexibility index (Phi) is 4.19.